The van der Waals surface area contributed by atoms with Crippen molar-refractivity contribution < 1.29 is 9.84 Å². The van der Waals surface area contributed by atoms with E-state index in [1.54, 1.807) is 0 Å². The summed E-state index contributed by atoms with van der Waals surface area (Å²) in [4.78, 5) is 0. The number of rotatable bonds is 6. The highest BCUT2D eigenvalue weighted by Crippen LogP contribution is 2.19. The minimum absolute atomic E-state index is 0.356. The fourth-order valence-electron chi connectivity index (χ4n) is 2.20. The molecule has 1 rings (SSSR count). The quantitative estimate of drug-likeness (QED) is 0.733. The van der Waals surface area contributed by atoms with Crippen molar-refractivity contribution in [3.63, 3.8) is 0 Å². The van der Waals surface area contributed by atoms with Gasteiger partial charge in [0.05, 0.1) is 18.8 Å². The number of ether oxygens (including phenoxy) is 1. The monoisotopic (exact) mass is 229 g/mol. The van der Waals surface area contributed by atoms with Gasteiger partial charge in [-0.05, 0) is 19.4 Å². The summed E-state index contributed by atoms with van der Waals surface area (Å²) in [6.45, 7) is 4.07. The number of nitrogens with one attached hydrogen (secondary N) is 1. The molecule has 1 unspecified atom stereocenters. The molecule has 1 fully saturated rings. The Morgan fingerprint density at radius 2 is 1.81 bits per heavy atom. The van der Waals surface area contributed by atoms with E-state index in [2.05, 4.69) is 5.32 Å². The van der Waals surface area contributed by atoms with Crippen LogP contribution >= 0.6 is 0 Å². The molecule has 0 amide bonds. The van der Waals surface area contributed by atoms with Gasteiger partial charge in [0.1, 0.15) is 0 Å². The van der Waals surface area contributed by atoms with E-state index in [1.165, 1.54) is 44.9 Å². The van der Waals surface area contributed by atoms with Crippen molar-refractivity contribution in [2.75, 3.05) is 19.7 Å². The van der Waals surface area contributed by atoms with Gasteiger partial charge in [-0.2, -0.15) is 0 Å². The van der Waals surface area contributed by atoms with Crippen LogP contribution in [0, 0.1) is 0 Å². The van der Waals surface area contributed by atoms with Crippen LogP contribution in [0.4, 0.5) is 0 Å². The van der Waals surface area contributed by atoms with Crippen molar-refractivity contribution >= 4 is 0 Å². The van der Waals surface area contributed by atoms with Gasteiger partial charge in [-0.1, -0.05) is 39.0 Å². The second-order valence-corrected chi connectivity index (χ2v) is 4.76. The largest absolute Gasteiger partial charge is 0.389 e. The van der Waals surface area contributed by atoms with Crippen molar-refractivity contribution in [3.8, 4) is 0 Å². The zero-order chi connectivity index (χ0) is 11.6. The fourth-order valence-corrected chi connectivity index (χ4v) is 2.20. The van der Waals surface area contributed by atoms with Crippen molar-refractivity contribution in [1.82, 2.24) is 5.32 Å². The number of likely N-dealkylation sites (N-methyl/N-ethyl adjacent to an activating group) is 1. The first-order valence-electron chi connectivity index (χ1n) is 6.83. The number of aliphatic hydroxyl groups excluding tert-OH is 1. The maximum Gasteiger partial charge on any atom is 0.0897 e. The SMILES string of the molecule is CCNCC(O)COC1CCCCCCC1. The van der Waals surface area contributed by atoms with Gasteiger partial charge >= 0.3 is 0 Å². The van der Waals surface area contributed by atoms with Crippen LogP contribution in [0.3, 0.4) is 0 Å². The molecular formula is C13H27NO2. The fraction of sp³-hybridized carbons (Fsp3) is 1.00. The second kappa shape index (κ2) is 8.97. The van der Waals surface area contributed by atoms with Crippen molar-refractivity contribution in [3.05, 3.63) is 0 Å². The number of aliphatic hydroxyl groups is 1. The zero-order valence-corrected chi connectivity index (χ0v) is 10.6. The molecule has 0 aromatic carbocycles. The predicted octanol–water partition coefficient (Wildman–Crippen LogP) is 2.09. The van der Waals surface area contributed by atoms with Crippen LogP contribution in [-0.2, 0) is 4.74 Å². The van der Waals surface area contributed by atoms with E-state index in [0.717, 1.165) is 6.54 Å². The van der Waals surface area contributed by atoms with Crippen LogP contribution in [0.2, 0.25) is 0 Å². The Morgan fingerprint density at radius 3 is 2.44 bits per heavy atom. The molecular weight excluding hydrogens is 202 g/mol. The van der Waals surface area contributed by atoms with Crippen LogP contribution < -0.4 is 5.32 Å². The van der Waals surface area contributed by atoms with E-state index in [1.807, 2.05) is 6.92 Å². The summed E-state index contributed by atoms with van der Waals surface area (Å²) >= 11 is 0. The predicted molar refractivity (Wildman–Crippen MR) is 66.6 cm³/mol. The molecule has 3 nitrogen and oxygen atoms in total. The zero-order valence-electron chi connectivity index (χ0n) is 10.6. The minimum Gasteiger partial charge on any atom is -0.389 e. The van der Waals surface area contributed by atoms with Crippen molar-refractivity contribution in [1.29, 1.82) is 0 Å². The van der Waals surface area contributed by atoms with E-state index in [4.69, 9.17) is 4.74 Å². The Morgan fingerprint density at radius 1 is 1.19 bits per heavy atom. The van der Waals surface area contributed by atoms with E-state index in [-0.39, 0.29) is 6.10 Å². The molecule has 0 heterocycles. The minimum atomic E-state index is -0.356. The van der Waals surface area contributed by atoms with Crippen molar-refractivity contribution in [2.45, 2.75) is 64.1 Å². The maximum atomic E-state index is 9.65. The molecule has 96 valence electrons. The summed E-state index contributed by atoms with van der Waals surface area (Å²) in [5, 5.41) is 12.8. The summed E-state index contributed by atoms with van der Waals surface area (Å²) in [5.41, 5.74) is 0. The molecule has 2 N–H and O–H groups in total. The lowest BCUT2D eigenvalue weighted by Crippen LogP contribution is -2.32. The Hall–Kier alpha value is -0.120. The van der Waals surface area contributed by atoms with E-state index < -0.39 is 0 Å². The normalized spacial score (nSPS) is 21.4. The number of hydrogen-bond acceptors (Lipinski definition) is 3. The topological polar surface area (TPSA) is 41.5 Å². The molecule has 1 saturated carbocycles. The van der Waals surface area contributed by atoms with E-state index in [0.29, 0.717) is 19.3 Å². The first-order chi connectivity index (χ1) is 7.83. The standard InChI is InChI=1S/C13H27NO2/c1-2-14-10-12(15)11-16-13-8-6-4-3-5-7-9-13/h12-15H,2-11H2,1H3. The summed E-state index contributed by atoms with van der Waals surface area (Å²) in [6, 6.07) is 0. The molecule has 3 heteroatoms. The Kier molecular flexibility index (Phi) is 7.81. The molecule has 1 aliphatic rings. The third-order valence-corrected chi connectivity index (χ3v) is 3.21. The maximum absolute atomic E-state index is 9.65. The van der Waals surface area contributed by atoms with Crippen LogP contribution in [0.15, 0.2) is 0 Å². The highest BCUT2D eigenvalue weighted by atomic mass is 16.5. The first kappa shape index (κ1) is 13.9. The lowest BCUT2D eigenvalue weighted by Gasteiger charge is -2.22. The van der Waals surface area contributed by atoms with Gasteiger partial charge < -0.3 is 15.2 Å². The van der Waals surface area contributed by atoms with Gasteiger partial charge in [-0.15, -0.1) is 0 Å². The van der Waals surface area contributed by atoms with Gasteiger partial charge in [0, 0.05) is 6.54 Å². The highest BCUT2D eigenvalue weighted by Gasteiger charge is 2.13. The van der Waals surface area contributed by atoms with Gasteiger partial charge in [0.2, 0.25) is 0 Å². The molecule has 0 spiro atoms. The van der Waals surface area contributed by atoms with Crippen LogP contribution in [0.1, 0.15) is 51.9 Å². The van der Waals surface area contributed by atoms with Crippen LogP contribution in [-0.4, -0.2) is 37.0 Å². The third-order valence-electron chi connectivity index (χ3n) is 3.21. The van der Waals surface area contributed by atoms with Gasteiger partial charge in [0.25, 0.3) is 0 Å². The summed E-state index contributed by atoms with van der Waals surface area (Å²) in [5.74, 6) is 0. The van der Waals surface area contributed by atoms with Gasteiger partial charge in [-0.3, -0.25) is 0 Å². The molecule has 0 radical (unpaired) electrons. The van der Waals surface area contributed by atoms with Crippen LogP contribution in [0.25, 0.3) is 0 Å². The molecule has 0 bridgehead atoms. The van der Waals surface area contributed by atoms with Gasteiger partial charge in [0.15, 0.2) is 0 Å². The average molecular weight is 229 g/mol. The van der Waals surface area contributed by atoms with E-state index in [9.17, 15) is 5.11 Å². The molecule has 0 aliphatic heterocycles. The molecule has 16 heavy (non-hydrogen) atoms. The Balaban J connectivity index is 2.09. The smallest absolute Gasteiger partial charge is 0.0897 e. The lowest BCUT2D eigenvalue weighted by molar-refractivity contribution is -0.0184. The Labute approximate surface area is 99.6 Å². The molecule has 0 aromatic rings. The summed E-state index contributed by atoms with van der Waals surface area (Å²) in [7, 11) is 0. The molecule has 1 aliphatic carbocycles. The molecule has 1 atom stereocenters. The first-order valence-corrected chi connectivity index (χ1v) is 6.83. The molecule has 0 aromatic heterocycles. The second-order valence-electron chi connectivity index (χ2n) is 4.76. The van der Waals surface area contributed by atoms with Crippen LogP contribution in [0.5, 0.6) is 0 Å². The average Bonchev–Trinajstić information content (AvgIpc) is 2.25. The van der Waals surface area contributed by atoms with E-state index >= 15 is 0 Å². The third kappa shape index (κ3) is 6.46. The summed E-state index contributed by atoms with van der Waals surface area (Å²) in [6.07, 6.45) is 9.03. The lowest BCUT2D eigenvalue weighted by atomic mass is 9.98. The number of hydrogen-bond donors (Lipinski definition) is 2. The molecule has 0 saturated heterocycles. The highest BCUT2D eigenvalue weighted by molar-refractivity contribution is 4.65. The Bertz CT molecular complexity index is 156. The van der Waals surface area contributed by atoms with Crippen molar-refractivity contribution in [2.24, 2.45) is 0 Å². The van der Waals surface area contributed by atoms with Gasteiger partial charge in [-0.25, -0.2) is 0 Å². The summed E-state index contributed by atoms with van der Waals surface area (Å²) < 4.78 is 5.79.